The Hall–Kier alpha value is -1.09. The summed E-state index contributed by atoms with van der Waals surface area (Å²) in [6, 6.07) is 3.87. The summed E-state index contributed by atoms with van der Waals surface area (Å²) < 4.78 is 0. The number of carbonyl (C=O) groups is 1. The van der Waals surface area contributed by atoms with Gasteiger partial charge < -0.3 is 15.9 Å². The molecule has 0 heterocycles. The Morgan fingerprint density at radius 3 is 2.42 bits per heavy atom. The van der Waals surface area contributed by atoms with Gasteiger partial charge in [-0.2, -0.15) is 0 Å². The van der Waals surface area contributed by atoms with Gasteiger partial charge in [-0.1, -0.05) is 0 Å². The predicted octanol–water partition coefficient (Wildman–Crippen LogP) is 0.670. The molecule has 1 rings (SSSR count). The maximum atomic E-state index is 10.3. The number of phenols is 1. The van der Waals surface area contributed by atoms with Crippen LogP contribution in [0.2, 0.25) is 0 Å². The van der Waals surface area contributed by atoms with Gasteiger partial charge in [0.15, 0.2) is 0 Å². The van der Waals surface area contributed by atoms with Crippen molar-refractivity contribution in [3.8, 4) is 5.75 Å². The molecule has 0 unspecified atom stereocenters. The van der Waals surface area contributed by atoms with Gasteiger partial charge in [0.1, 0.15) is 11.3 Å². The Morgan fingerprint density at radius 2 is 2.00 bits per heavy atom. The van der Waals surface area contributed by atoms with Crippen molar-refractivity contribution in [2.75, 3.05) is 5.73 Å². The quantitative estimate of drug-likeness (QED) is 0.478. The zero-order valence-electron chi connectivity index (χ0n) is 6.32. The number of rotatable bonds is 1. The molecule has 60 valence electrons. The number of anilines is 1. The van der Waals surface area contributed by atoms with E-state index in [-0.39, 0.29) is 30.8 Å². The topological polar surface area (TPSA) is 83.6 Å². The number of aromatic carboxylic acids is 1. The first-order valence-corrected chi connectivity index (χ1v) is 2.93. The van der Waals surface area contributed by atoms with Gasteiger partial charge in [0.2, 0.25) is 0 Å². The average Bonchev–Trinajstić information content (AvgIpc) is 1.85. The summed E-state index contributed by atoms with van der Waals surface area (Å²) >= 11 is 0. The molecule has 0 aromatic heterocycles. The molecule has 0 saturated heterocycles. The number of carboxylic acid groups (broad SMARTS) is 1. The van der Waals surface area contributed by atoms with E-state index in [0.29, 0.717) is 5.69 Å². The van der Waals surface area contributed by atoms with Crippen molar-refractivity contribution in [3.05, 3.63) is 23.8 Å². The minimum atomic E-state index is -1.16. The van der Waals surface area contributed by atoms with Crippen LogP contribution in [0.1, 0.15) is 10.4 Å². The maximum absolute atomic E-state index is 10.3. The molecule has 0 bridgehead atoms. The van der Waals surface area contributed by atoms with Gasteiger partial charge in [-0.3, -0.25) is 0 Å². The molecule has 12 heavy (non-hydrogen) atoms. The van der Waals surface area contributed by atoms with E-state index in [9.17, 15) is 4.79 Å². The van der Waals surface area contributed by atoms with Gasteiger partial charge in [0.05, 0.1) is 0 Å². The van der Waals surface area contributed by atoms with Crippen molar-refractivity contribution in [2.45, 2.75) is 0 Å². The standard InChI is InChI=1S/C7H7NO3.Zn/c8-4-1-2-5(7(10)11)6(9)3-4;/h1-3,9H,8H2,(H,10,11);. The van der Waals surface area contributed by atoms with Crippen molar-refractivity contribution >= 4 is 11.7 Å². The molecule has 1 aromatic carbocycles. The van der Waals surface area contributed by atoms with Crippen LogP contribution >= 0.6 is 0 Å². The van der Waals surface area contributed by atoms with Gasteiger partial charge >= 0.3 is 5.97 Å². The summed E-state index contributed by atoms with van der Waals surface area (Å²) in [6.45, 7) is 0. The van der Waals surface area contributed by atoms with E-state index in [1.54, 1.807) is 0 Å². The first kappa shape index (κ1) is 10.9. The van der Waals surface area contributed by atoms with Gasteiger partial charge in [-0.05, 0) is 12.1 Å². The van der Waals surface area contributed by atoms with Crippen molar-refractivity contribution in [2.24, 2.45) is 0 Å². The van der Waals surface area contributed by atoms with E-state index in [2.05, 4.69) is 0 Å². The third kappa shape index (κ3) is 2.20. The number of carboxylic acids is 1. The largest absolute Gasteiger partial charge is 0.507 e. The molecule has 0 amide bonds. The maximum Gasteiger partial charge on any atom is 0.339 e. The molecule has 0 spiro atoms. The number of benzene rings is 1. The Bertz CT molecular complexity index is 301. The Balaban J connectivity index is 0.00000121. The van der Waals surface area contributed by atoms with Gasteiger partial charge in [-0.25, -0.2) is 4.79 Å². The molecular formula is C7H7NO3Zn. The molecule has 0 atom stereocenters. The molecule has 0 radical (unpaired) electrons. The van der Waals surface area contributed by atoms with E-state index < -0.39 is 5.97 Å². The molecule has 4 N–H and O–H groups in total. The number of nitrogen functional groups attached to an aromatic ring is 1. The van der Waals surface area contributed by atoms with E-state index in [4.69, 9.17) is 15.9 Å². The summed E-state index contributed by atoms with van der Waals surface area (Å²) in [5, 5.41) is 17.5. The second-order valence-electron chi connectivity index (χ2n) is 2.08. The van der Waals surface area contributed by atoms with Gasteiger partial charge in [0.25, 0.3) is 0 Å². The number of nitrogens with two attached hydrogens (primary N) is 1. The SMILES string of the molecule is Nc1ccc(C(=O)O)c(O)c1.[Zn]. The first-order valence-electron chi connectivity index (χ1n) is 2.93. The minimum absolute atomic E-state index is 0. The Labute approximate surface area is 81.8 Å². The molecule has 0 aliphatic carbocycles. The molecule has 0 aliphatic heterocycles. The molecule has 4 nitrogen and oxygen atoms in total. The first-order chi connectivity index (χ1) is 5.11. The molecule has 0 saturated carbocycles. The van der Waals surface area contributed by atoms with E-state index >= 15 is 0 Å². The molecule has 5 heteroatoms. The van der Waals surface area contributed by atoms with Crippen LogP contribution in [0.25, 0.3) is 0 Å². The second-order valence-corrected chi connectivity index (χ2v) is 2.08. The Kier molecular flexibility index (Phi) is 3.70. The number of hydrogen-bond acceptors (Lipinski definition) is 3. The zero-order chi connectivity index (χ0) is 8.43. The minimum Gasteiger partial charge on any atom is -0.507 e. The van der Waals surface area contributed by atoms with Crippen LogP contribution in [0, 0.1) is 0 Å². The third-order valence-corrected chi connectivity index (χ3v) is 1.25. The monoisotopic (exact) mass is 217 g/mol. The fourth-order valence-electron chi connectivity index (χ4n) is 0.730. The van der Waals surface area contributed by atoms with Crippen molar-refractivity contribution in [3.63, 3.8) is 0 Å². The predicted molar refractivity (Wildman–Crippen MR) is 39.5 cm³/mol. The van der Waals surface area contributed by atoms with Crippen molar-refractivity contribution in [1.29, 1.82) is 0 Å². The summed E-state index contributed by atoms with van der Waals surface area (Å²) in [6.07, 6.45) is 0. The fraction of sp³-hybridized carbons (Fsp3) is 0. The van der Waals surface area contributed by atoms with Crippen LogP contribution < -0.4 is 5.73 Å². The van der Waals surface area contributed by atoms with Gasteiger partial charge in [-0.15, -0.1) is 0 Å². The number of aromatic hydroxyl groups is 1. The van der Waals surface area contributed by atoms with Crippen LogP contribution in [0.15, 0.2) is 18.2 Å². The summed E-state index contributed by atoms with van der Waals surface area (Å²) in [4.78, 5) is 10.3. The van der Waals surface area contributed by atoms with E-state index in [1.165, 1.54) is 18.2 Å². The van der Waals surface area contributed by atoms with Crippen molar-refractivity contribution < 1.29 is 34.5 Å². The van der Waals surface area contributed by atoms with Crippen LogP contribution in [0.4, 0.5) is 5.69 Å². The van der Waals surface area contributed by atoms with Crippen molar-refractivity contribution in [1.82, 2.24) is 0 Å². The molecular weight excluding hydrogens is 211 g/mol. The van der Waals surface area contributed by atoms with Gasteiger partial charge in [0, 0.05) is 31.2 Å². The molecule has 1 aromatic rings. The average molecular weight is 219 g/mol. The fourth-order valence-corrected chi connectivity index (χ4v) is 0.730. The molecule has 0 fully saturated rings. The van der Waals surface area contributed by atoms with Crippen LogP contribution in [0.5, 0.6) is 5.75 Å². The van der Waals surface area contributed by atoms with Crippen LogP contribution in [-0.4, -0.2) is 16.2 Å². The van der Waals surface area contributed by atoms with Crippen LogP contribution in [-0.2, 0) is 19.5 Å². The summed E-state index contributed by atoms with van der Waals surface area (Å²) in [5.74, 6) is -1.47. The van der Waals surface area contributed by atoms with E-state index in [0.717, 1.165) is 0 Å². The number of hydrogen-bond donors (Lipinski definition) is 3. The summed E-state index contributed by atoms with van der Waals surface area (Å²) in [5.41, 5.74) is 5.48. The summed E-state index contributed by atoms with van der Waals surface area (Å²) in [7, 11) is 0. The Morgan fingerprint density at radius 1 is 1.42 bits per heavy atom. The van der Waals surface area contributed by atoms with Crippen LogP contribution in [0.3, 0.4) is 0 Å². The normalized spacial score (nSPS) is 8.67. The molecule has 0 aliphatic rings. The second kappa shape index (κ2) is 4.07. The van der Waals surface area contributed by atoms with E-state index in [1.807, 2.05) is 0 Å². The zero-order valence-corrected chi connectivity index (χ0v) is 9.29. The smallest absolute Gasteiger partial charge is 0.339 e. The third-order valence-electron chi connectivity index (χ3n) is 1.25.